The van der Waals surface area contributed by atoms with Crippen LogP contribution < -0.4 is 0 Å². The van der Waals surface area contributed by atoms with Gasteiger partial charge in [-0.25, -0.2) is 0 Å². The van der Waals surface area contributed by atoms with Gasteiger partial charge in [-0.3, -0.25) is 4.57 Å². The molecule has 0 spiro atoms. The van der Waals surface area contributed by atoms with Crippen LogP contribution in [0.5, 0.6) is 0 Å². The van der Waals surface area contributed by atoms with Gasteiger partial charge in [0, 0.05) is 20.4 Å². The Kier molecular flexibility index (Phi) is 30.6. The van der Waals surface area contributed by atoms with Gasteiger partial charge in [0.25, 0.3) is 0 Å². The van der Waals surface area contributed by atoms with Gasteiger partial charge in [0.05, 0.1) is 5.60 Å². The molecule has 52 heavy (non-hydrogen) atoms. The molecule has 4 heteroatoms. The van der Waals surface area contributed by atoms with Gasteiger partial charge in [-0.1, -0.05) is 185 Å². The van der Waals surface area contributed by atoms with E-state index in [0.717, 1.165) is 51.4 Å². The SMILES string of the molecule is CCCCCCC/C=C/C=C/C=C/CCCCCC/C=C/CCCC(CCCCCCCCCCC)C1(OP(C)(C)=O)CCCCC1(CCC)OC. The zero-order valence-corrected chi connectivity index (χ0v) is 36.7. The molecule has 1 fully saturated rings. The molecule has 1 saturated carbocycles. The third-order valence-corrected chi connectivity index (χ3v) is 12.3. The van der Waals surface area contributed by atoms with Crippen LogP contribution >= 0.6 is 7.37 Å². The molecule has 3 atom stereocenters. The van der Waals surface area contributed by atoms with Gasteiger partial charge >= 0.3 is 0 Å². The monoisotopic (exact) mass is 745 g/mol. The first-order valence-corrected chi connectivity index (χ1v) is 25.3. The highest BCUT2D eigenvalue weighted by Gasteiger charge is 2.58. The van der Waals surface area contributed by atoms with E-state index >= 15 is 0 Å². The van der Waals surface area contributed by atoms with Crippen LogP contribution in [-0.4, -0.2) is 31.6 Å². The van der Waals surface area contributed by atoms with E-state index in [1.54, 1.807) is 0 Å². The standard InChI is InChI=1S/C48H89O3P/c1-7-10-12-14-16-18-19-20-21-22-23-24-25-26-27-28-29-30-32-34-36-38-42-46(41-37-35-33-31-17-15-13-11-8-2)48(51-52(5,6)49)45-40-39-44-47(48,50-4)43-9-3/h19-24,32,34,46H,7-18,25-31,33,35-45H2,1-6H3/b20-19+,22-21+,24-23+,34-32+. The Bertz CT molecular complexity index is 972. The van der Waals surface area contributed by atoms with E-state index in [9.17, 15) is 4.57 Å². The lowest BCUT2D eigenvalue weighted by Gasteiger charge is -2.56. The van der Waals surface area contributed by atoms with Crippen LogP contribution in [0.15, 0.2) is 48.6 Å². The predicted octanol–water partition coefficient (Wildman–Crippen LogP) is 16.7. The minimum atomic E-state index is -2.72. The van der Waals surface area contributed by atoms with Crippen LogP contribution in [0, 0.1) is 5.92 Å². The largest absolute Gasteiger partial charge is 0.375 e. The number of hydrogen-bond donors (Lipinski definition) is 0. The van der Waals surface area contributed by atoms with E-state index in [2.05, 4.69) is 69.4 Å². The maximum Gasteiger partial charge on any atom is 0.197 e. The summed E-state index contributed by atoms with van der Waals surface area (Å²) in [6.07, 6.45) is 56.9. The fraction of sp³-hybridized carbons (Fsp3) is 0.833. The lowest BCUT2D eigenvalue weighted by molar-refractivity contribution is -0.208. The van der Waals surface area contributed by atoms with Crippen molar-refractivity contribution in [3.8, 4) is 0 Å². The summed E-state index contributed by atoms with van der Waals surface area (Å²) in [7, 11) is -0.817. The van der Waals surface area contributed by atoms with Crippen molar-refractivity contribution in [3.05, 3.63) is 48.6 Å². The minimum absolute atomic E-state index is 0.335. The highest BCUT2D eigenvalue weighted by molar-refractivity contribution is 7.57. The van der Waals surface area contributed by atoms with E-state index in [1.807, 2.05) is 20.4 Å². The average Bonchev–Trinajstić information content (AvgIpc) is 3.12. The number of methoxy groups -OCH3 is 1. The van der Waals surface area contributed by atoms with Crippen LogP contribution in [-0.2, 0) is 13.8 Å². The Morgan fingerprint density at radius 2 is 0.981 bits per heavy atom. The molecule has 0 bridgehead atoms. The second-order valence-corrected chi connectivity index (χ2v) is 19.2. The molecular formula is C48H89O3P. The molecule has 1 aliphatic rings. The van der Waals surface area contributed by atoms with Crippen molar-refractivity contribution in [2.45, 2.75) is 231 Å². The highest BCUT2D eigenvalue weighted by Crippen LogP contribution is 2.58. The molecule has 0 aromatic heterocycles. The summed E-state index contributed by atoms with van der Waals surface area (Å²) >= 11 is 0. The van der Waals surface area contributed by atoms with Gasteiger partial charge in [-0.05, 0) is 89.4 Å². The third-order valence-electron chi connectivity index (χ3n) is 11.6. The molecule has 3 nitrogen and oxygen atoms in total. The van der Waals surface area contributed by atoms with Gasteiger partial charge in [0.2, 0.25) is 0 Å². The molecule has 304 valence electrons. The molecule has 0 aliphatic heterocycles. The second kappa shape index (κ2) is 32.4. The minimum Gasteiger partial charge on any atom is -0.375 e. The normalized spacial score (nSPS) is 20.7. The van der Waals surface area contributed by atoms with Crippen molar-refractivity contribution in [1.29, 1.82) is 0 Å². The Morgan fingerprint density at radius 3 is 1.48 bits per heavy atom. The molecule has 3 unspecified atom stereocenters. The van der Waals surface area contributed by atoms with Gasteiger partial charge in [0.1, 0.15) is 5.60 Å². The molecule has 0 saturated heterocycles. The molecule has 0 amide bonds. The quantitative estimate of drug-likeness (QED) is 0.0281. The van der Waals surface area contributed by atoms with Crippen LogP contribution in [0.25, 0.3) is 0 Å². The molecule has 1 aliphatic carbocycles. The molecule has 0 heterocycles. The lowest BCUT2D eigenvalue weighted by Crippen LogP contribution is -2.62. The smallest absolute Gasteiger partial charge is 0.197 e. The van der Waals surface area contributed by atoms with E-state index in [1.165, 1.54) is 148 Å². The van der Waals surface area contributed by atoms with Crippen LogP contribution in [0.3, 0.4) is 0 Å². The summed E-state index contributed by atoms with van der Waals surface area (Å²) in [6, 6.07) is 0. The average molecular weight is 745 g/mol. The predicted molar refractivity (Wildman–Crippen MR) is 233 cm³/mol. The van der Waals surface area contributed by atoms with E-state index in [-0.39, 0.29) is 5.60 Å². The Balaban J connectivity index is 2.55. The second-order valence-electron chi connectivity index (χ2n) is 16.5. The lowest BCUT2D eigenvalue weighted by atomic mass is 9.61. The Morgan fingerprint density at radius 1 is 0.538 bits per heavy atom. The number of rotatable bonds is 35. The molecule has 0 aromatic rings. The Hall–Kier alpha value is -0.890. The molecule has 1 rings (SSSR count). The summed E-state index contributed by atoms with van der Waals surface area (Å²) in [5.74, 6) is 0.386. The first-order valence-electron chi connectivity index (χ1n) is 22.7. The van der Waals surface area contributed by atoms with Gasteiger partial charge in [0.15, 0.2) is 7.37 Å². The molecule has 0 N–H and O–H groups in total. The summed E-state index contributed by atoms with van der Waals surface area (Å²) in [5.41, 5.74) is -0.785. The number of unbranched alkanes of at least 4 members (excludes halogenated alkanes) is 19. The number of hydrogen-bond acceptors (Lipinski definition) is 3. The number of allylic oxidation sites excluding steroid dienone is 8. The maximum absolute atomic E-state index is 13.5. The summed E-state index contributed by atoms with van der Waals surface area (Å²) < 4.78 is 27.0. The zero-order valence-electron chi connectivity index (χ0n) is 35.8. The van der Waals surface area contributed by atoms with Crippen molar-refractivity contribution in [2.75, 3.05) is 20.4 Å². The third kappa shape index (κ3) is 22.5. The first kappa shape index (κ1) is 49.1. The van der Waals surface area contributed by atoms with Crippen molar-refractivity contribution in [1.82, 2.24) is 0 Å². The molecule has 0 aromatic carbocycles. The first-order chi connectivity index (χ1) is 25.3. The summed E-state index contributed by atoms with van der Waals surface area (Å²) in [4.78, 5) is 0. The van der Waals surface area contributed by atoms with E-state index in [0.29, 0.717) is 5.92 Å². The van der Waals surface area contributed by atoms with Crippen molar-refractivity contribution < 1.29 is 13.8 Å². The topological polar surface area (TPSA) is 35.5 Å². The Labute approximate surface area is 326 Å². The highest BCUT2D eigenvalue weighted by atomic mass is 31.2. The van der Waals surface area contributed by atoms with Crippen molar-refractivity contribution in [3.63, 3.8) is 0 Å². The maximum atomic E-state index is 13.5. The zero-order chi connectivity index (χ0) is 38.1. The summed E-state index contributed by atoms with van der Waals surface area (Å²) in [6.45, 7) is 10.5. The van der Waals surface area contributed by atoms with Crippen LogP contribution in [0.4, 0.5) is 0 Å². The number of ether oxygens (including phenoxy) is 1. The molecular weight excluding hydrogens is 655 g/mol. The van der Waals surface area contributed by atoms with Crippen LogP contribution in [0.2, 0.25) is 0 Å². The summed E-state index contributed by atoms with van der Waals surface area (Å²) in [5, 5.41) is 0. The fourth-order valence-corrected chi connectivity index (χ4v) is 9.97. The van der Waals surface area contributed by atoms with E-state index < -0.39 is 13.0 Å². The van der Waals surface area contributed by atoms with Gasteiger partial charge < -0.3 is 9.26 Å². The van der Waals surface area contributed by atoms with Crippen molar-refractivity contribution >= 4 is 7.37 Å². The fourth-order valence-electron chi connectivity index (χ4n) is 8.78. The van der Waals surface area contributed by atoms with Crippen molar-refractivity contribution in [2.24, 2.45) is 5.92 Å². The van der Waals surface area contributed by atoms with E-state index in [4.69, 9.17) is 9.26 Å². The van der Waals surface area contributed by atoms with Gasteiger partial charge in [-0.15, -0.1) is 0 Å². The molecule has 0 radical (unpaired) electrons. The van der Waals surface area contributed by atoms with Gasteiger partial charge in [-0.2, -0.15) is 0 Å². The van der Waals surface area contributed by atoms with Crippen LogP contribution in [0.1, 0.15) is 220 Å².